The van der Waals surface area contributed by atoms with Gasteiger partial charge < -0.3 is 4.90 Å². The molecule has 0 aliphatic carbocycles. The molecule has 24 heavy (non-hydrogen) atoms. The minimum Gasteiger partial charge on any atom is -0.369 e. The third-order valence-electron chi connectivity index (χ3n) is 3.84. The van der Waals surface area contributed by atoms with Crippen LogP contribution in [0.5, 0.6) is 0 Å². The molecule has 0 amide bonds. The van der Waals surface area contributed by atoms with Crippen LogP contribution in [0.15, 0.2) is 71.7 Å². The average molecular weight is 323 g/mol. The fraction of sp³-hybridized carbons (Fsp3) is 0.158. The van der Waals surface area contributed by atoms with Gasteiger partial charge in [0.2, 0.25) is 0 Å². The molecule has 0 bridgehead atoms. The second-order valence-corrected chi connectivity index (χ2v) is 5.64. The van der Waals surface area contributed by atoms with Crippen LogP contribution in [0.3, 0.4) is 0 Å². The van der Waals surface area contributed by atoms with Crippen molar-refractivity contribution in [2.24, 2.45) is 0 Å². The number of rotatable bonds is 5. The Labute approximate surface area is 139 Å². The van der Waals surface area contributed by atoms with Gasteiger partial charge in [-0.3, -0.25) is 4.79 Å². The van der Waals surface area contributed by atoms with Crippen molar-refractivity contribution in [2.45, 2.75) is 13.1 Å². The largest absolute Gasteiger partial charge is 0.369 e. The van der Waals surface area contributed by atoms with Crippen LogP contribution in [-0.4, -0.2) is 16.8 Å². The Morgan fingerprint density at radius 3 is 2.50 bits per heavy atom. The monoisotopic (exact) mass is 323 g/mol. The van der Waals surface area contributed by atoms with Gasteiger partial charge in [0.15, 0.2) is 0 Å². The van der Waals surface area contributed by atoms with Crippen LogP contribution in [0.25, 0.3) is 0 Å². The molecular weight excluding hydrogens is 305 g/mol. The first kappa shape index (κ1) is 15.9. The van der Waals surface area contributed by atoms with Crippen molar-refractivity contribution in [1.29, 1.82) is 0 Å². The molecule has 3 aromatic rings. The summed E-state index contributed by atoms with van der Waals surface area (Å²) in [6.07, 6.45) is 1.63. The smallest absolute Gasteiger partial charge is 0.269 e. The van der Waals surface area contributed by atoms with Crippen LogP contribution < -0.4 is 10.5 Å². The first-order chi connectivity index (χ1) is 11.6. The third-order valence-corrected chi connectivity index (χ3v) is 3.84. The molecule has 0 N–H and O–H groups in total. The van der Waals surface area contributed by atoms with Gasteiger partial charge >= 0.3 is 0 Å². The lowest BCUT2D eigenvalue weighted by Gasteiger charge is -2.19. The molecule has 3 rings (SSSR count). The summed E-state index contributed by atoms with van der Waals surface area (Å²) in [5, 5.41) is 4.17. The van der Waals surface area contributed by atoms with Crippen molar-refractivity contribution >= 4 is 5.69 Å². The van der Waals surface area contributed by atoms with E-state index in [0.717, 1.165) is 11.3 Å². The lowest BCUT2D eigenvalue weighted by atomic mass is 10.2. The summed E-state index contributed by atoms with van der Waals surface area (Å²) in [5.74, 6) is -0.337. The number of aromatic nitrogens is 2. The molecule has 122 valence electrons. The Kier molecular flexibility index (Phi) is 4.70. The first-order valence-corrected chi connectivity index (χ1v) is 7.69. The van der Waals surface area contributed by atoms with E-state index in [0.29, 0.717) is 12.1 Å². The van der Waals surface area contributed by atoms with Crippen LogP contribution in [-0.2, 0) is 13.1 Å². The predicted octanol–water partition coefficient (Wildman–Crippen LogP) is 3.07. The number of nitrogens with zero attached hydrogens (tertiary/aromatic N) is 3. The molecule has 4 nitrogen and oxygen atoms in total. The first-order valence-electron chi connectivity index (χ1n) is 7.69. The average Bonchev–Trinajstić information content (AvgIpc) is 2.59. The molecule has 0 aliphatic heterocycles. The summed E-state index contributed by atoms with van der Waals surface area (Å²) < 4.78 is 15.0. The van der Waals surface area contributed by atoms with E-state index in [1.165, 1.54) is 16.8 Å². The van der Waals surface area contributed by atoms with E-state index in [2.05, 4.69) is 5.10 Å². The van der Waals surface area contributed by atoms with Gasteiger partial charge in [-0.05, 0) is 11.6 Å². The van der Waals surface area contributed by atoms with Gasteiger partial charge in [0.05, 0.1) is 18.4 Å². The highest BCUT2D eigenvalue weighted by atomic mass is 19.1. The molecule has 0 atom stereocenters. The fourth-order valence-electron chi connectivity index (χ4n) is 2.49. The second-order valence-electron chi connectivity index (χ2n) is 5.64. The standard InChI is InChI=1S/C19H18FN3O/c1-22(13-15-7-3-2-4-8-15)17-11-19(24)23(21-12-17)14-16-9-5-6-10-18(16)20/h2-12H,13-14H2,1H3. The van der Waals surface area contributed by atoms with Crippen molar-refractivity contribution in [3.8, 4) is 0 Å². The van der Waals surface area contributed by atoms with Crippen LogP contribution in [0.1, 0.15) is 11.1 Å². The molecule has 2 aromatic carbocycles. The number of halogens is 1. The van der Waals surface area contributed by atoms with E-state index in [-0.39, 0.29) is 17.9 Å². The van der Waals surface area contributed by atoms with E-state index in [1.807, 2.05) is 42.3 Å². The zero-order valence-corrected chi connectivity index (χ0v) is 13.4. The Bertz CT molecular complexity index is 877. The Hall–Kier alpha value is -2.95. The molecule has 5 heteroatoms. The Balaban J connectivity index is 1.77. The van der Waals surface area contributed by atoms with Gasteiger partial charge in [-0.2, -0.15) is 5.10 Å². The molecule has 0 spiro atoms. The minimum atomic E-state index is -0.337. The molecule has 0 saturated carbocycles. The van der Waals surface area contributed by atoms with Crippen LogP contribution >= 0.6 is 0 Å². The lowest BCUT2D eigenvalue weighted by Crippen LogP contribution is -2.26. The van der Waals surface area contributed by atoms with Gasteiger partial charge in [0.25, 0.3) is 5.56 Å². The van der Waals surface area contributed by atoms with Crippen molar-refractivity contribution < 1.29 is 4.39 Å². The van der Waals surface area contributed by atoms with Crippen LogP contribution in [0.2, 0.25) is 0 Å². The molecule has 0 unspecified atom stereocenters. The van der Waals surface area contributed by atoms with Crippen molar-refractivity contribution in [3.05, 3.63) is 94.2 Å². The summed E-state index contributed by atoms with van der Waals surface area (Å²) in [7, 11) is 1.91. The number of benzene rings is 2. The highest BCUT2D eigenvalue weighted by Crippen LogP contribution is 2.12. The van der Waals surface area contributed by atoms with Gasteiger partial charge in [-0.15, -0.1) is 0 Å². The molecule has 1 aromatic heterocycles. The fourth-order valence-corrected chi connectivity index (χ4v) is 2.49. The zero-order valence-electron chi connectivity index (χ0n) is 13.4. The van der Waals surface area contributed by atoms with Crippen molar-refractivity contribution in [1.82, 2.24) is 9.78 Å². The zero-order chi connectivity index (χ0) is 16.9. The van der Waals surface area contributed by atoms with E-state index in [4.69, 9.17) is 0 Å². The maximum atomic E-state index is 13.7. The maximum absolute atomic E-state index is 13.7. The SMILES string of the molecule is CN(Cc1ccccc1)c1cnn(Cc2ccccc2F)c(=O)c1. The van der Waals surface area contributed by atoms with Crippen LogP contribution in [0.4, 0.5) is 10.1 Å². The highest BCUT2D eigenvalue weighted by Gasteiger charge is 2.08. The molecule has 0 saturated heterocycles. The number of hydrogen-bond acceptors (Lipinski definition) is 3. The molecule has 0 radical (unpaired) electrons. The number of hydrogen-bond donors (Lipinski definition) is 0. The molecular formula is C19H18FN3O. The Morgan fingerprint density at radius 1 is 1.08 bits per heavy atom. The van der Waals surface area contributed by atoms with Gasteiger partial charge in [0.1, 0.15) is 5.82 Å². The lowest BCUT2D eigenvalue weighted by molar-refractivity contribution is 0.572. The van der Waals surface area contributed by atoms with Crippen molar-refractivity contribution in [2.75, 3.05) is 11.9 Å². The summed E-state index contributed by atoms with van der Waals surface area (Å²) in [5.41, 5.74) is 2.07. The van der Waals surface area contributed by atoms with E-state index in [1.54, 1.807) is 24.4 Å². The molecule has 1 heterocycles. The summed E-state index contributed by atoms with van der Waals surface area (Å²) in [4.78, 5) is 14.2. The maximum Gasteiger partial charge on any atom is 0.269 e. The predicted molar refractivity (Wildman–Crippen MR) is 92.5 cm³/mol. The van der Waals surface area contributed by atoms with Gasteiger partial charge in [0, 0.05) is 25.2 Å². The topological polar surface area (TPSA) is 38.1 Å². The van der Waals surface area contributed by atoms with Crippen LogP contribution in [0, 0.1) is 5.82 Å². The van der Waals surface area contributed by atoms with Gasteiger partial charge in [-0.1, -0.05) is 48.5 Å². The highest BCUT2D eigenvalue weighted by molar-refractivity contribution is 5.42. The minimum absolute atomic E-state index is 0.119. The van der Waals surface area contributed by atoms with Gasteiger partial charge in [-0.25, -0.2) is 9.07 Å². The second kappa shape index (κ2) is 7.08. The molecule has 0 aliphatic rings. The van der Waals surface area contributed by atoms with E-state index >= 15 is 0 Å². The summed E-state index contributed by atoms with van der Waals surface area (Å²) in [6, 6.07) is 17.9. The quantitative estimate of drug-likeness (QED) is 0.724. The van der Waals surface area contributed by atoms with Crippen molar-refractivity contribution in [3.63, 3.8) is 0 Å². The third kappa shape index (κ3) is 3.68. The van der Waals surface area contributed by atoms with E-state index in [9.17, 15) is 9.18 Å². The van der Waals surface area contributed by atoms with E-state index < -0.39 is 0 Å². The summed E-state index contributed by atoms with van der Waals surface area (Å²) in [6.45, 7) is 0.799. The normalized spacial score (nSPS) is 10.6. The molecule has 0 fully saturated rings. The Morgan fingerprint density at radius 2 is 1.79 bits per heavy atom. The number of anilines is 1. The summed E-state index contributed by atoms with van der Waals surface area (Å²) >= 11 is 0.